The van der Waals surface area contributed by atoms with Crippen LogP contribution in [0.15, 0.2) is 38.2 Å². The number of hydrogen-bond acceptors (Lipinski definition) is 4. The second-order valence-electron chi connectivity index (χ2n) is 3.56. The van der Waals surface area contributed by atoms with E-state index in [1.165, 1.54) is 0 Å². The van der Waals surface area contributed by atoms with E-state index in [0.29, 0.717) is 0 Å². The number of pyridine rings is 1. The van der Waals surface area contributed by atoms with Gasteiger partial charge in [0.05, 0.1) is 13.6 Å². The smallest absolute Gasteiger partial charge is 0.0758 e. The molecule has 2 aromatic rings. The van der Waals surface area contributed by atoms with Gasteiger partial charge in [0.1, 0.15) is 0 Å². The van der Waals surface area contributed by atoms with Gasteiger partial charge in [-0.25, -0.2) is 0 Å². The summed E-state index contributed by atoms with van der Waals surface area (Å²) >= 11 is 8.67. The Labute approximate surface area is 121 Å². The van der Waals surface area contributed by atoms with Gasteiger partial charge in [0, 0.05) is 12.4 Å². The maximum atomic E-state index is 5.63. The van der Waals surface area contributed by atoms with E-state index in [2.05, 4.69) is 48.3 Å². The van der Waals surface area contributed by atoms with Gasteiger partial charge in [0.25, 0.3) is 0 Å². The highest BCUT2D eigenvalue weighted by molar-refractivity contribution is 9.12. The Morgan fingerprint density at radius 2 is 2.29 bits per heavy atom. The fraction of sp³-hybridized carbons (Fsp3) is 0.182. The molecule has 0 aliphatic rings. The van der Waals surface area contributed by atoms with Crippen molar-refractivity contribution in [3.05, 3.63) is 49.3 Å². The molecule has 2 rings (SSSR count). The van der Waals surface area contributed by atoms with Crippen LogP contribution in [-0.4, -0.2) is 4.98 Å². The zero-order valence-corrected chi connectivity index (χ0v) is 12.8. The monoisotopic (exact) mass is 375 g/mol. The average Bonchev–Trinajstić information content (AvgIpc) is 2.67. The van der Waals surface area contributed by atoms with E-state index in [1.807, 2.05) is 18.3 Å². The molecule has 90 valence electrons. The van der Waals surface area contributed by atoms with Gasteiger partial charge >= 0.3 is 0 Å². The predicted molar refractivity (Wildman–Crippen MR) is 77.7 cm³/mol. The fourth-order valence-corrected chi connectivity index (χ4v) is 4.58. The molecule has 3 N–H and O–H groups in total. The Balaban J connectivity index is 2.20. The third-order valence-corrected chi connectivity index (χ3v) is 4.81. The highest BCUT2D eigenvalue weighted by atomic mass is 79.9. The van der Waals surface area contributed by atoms with Crippen molar-refractivity contribution < 1.29 is 0 Å². The van der Waals surface area contributed by atoms with E-state index in [1.54, 1.807) is 17.5 Å². The fourth-order valence-electron chi connectivity index (χ4n) is 1.60. The van der Waals surface area contributed by atoms with E-state index in [-0.39, 0.29) is 6.04 Å². The first-order valence-corrected chi connectivity index (χ1v) is 7.40. The number of hydrazine groups is 1. The van der Waals surface area contributed by atoms with Crippen LogP contribution < -0.4 is 11.3 Å². The van der Waals surface area contributed by atoms with E-state index in [9.17, 15) is 0 Å². The van der Waals surface area contributed by atoms with Crippen LogP contribution in [0.25, 0.3) is 0 Å². The first-order valence-electron chi connectivity index (χ1n) is 5.00. The topological polar surface area (TPSA) is 50.9 Å². The lowest BCUT2D eigenvalue weighted by atomic mass is 10.0. The van der Waals surface area contributed by atoms with Crippen LogP contribution in [0.1, 0.15) is 17.2 Å². The van der Waals surface area contributed by atoms with Gasteiger partial charge in [-0.05, 0) is 61.5 Å². The minimum atomic E-state index is 0.0797. The van der Waals surface area contributed by atoms with Gasteiger partial charge in [-0.3, -0.25) is 16.3 Å². The Morgan fingerprint density at radius 1 is 1.47 bits per heavy atom. The molecule has 3 nitrogen and oxygen atoms in total. The lowest BCUT2D eigenvalue weighted by molar-refractivity contribution is 0.551. The molecule has 0 aliphatic heterocycles. The van der Waals surface area contributed by atoms with Crippen molar-refractivity contribution in [2.24, 2.45) is 5.84 Å². The number of thiophene rings is 1. The molecule has 0 aromatic carbocycles. The molecule has 1 atom stereocenters. The molecule has 6 heteroatoms. The number of nitrogens with zero attached hydrogens (tertiary/aromatic N) is 1. The Bertz CT molecular complexity index is 487. The van der Waals surface area contributed by atoms with Crippen molar-refractivity contribution in [2.75, 3.05) is 0 Å². The molecule has 0 saturated heterocycles. The van der Waals surface area contributed by atoms with Crippen molar-refractivity contribution in [1.29, 1.82) is 0 Å². The summed E-state index contributed by atoms with van der Waals surface area (Å²) in [5.41, 5.74) is 5.17. The quantitative estimate of drug-likeness (QED) is 0.634. The normalized spacial score (nSPS) is 12.6. The lowest BCUT2D eigenvalue weighted by Gasteiger charge is -2.15. The minimum Gasteiger partial charge on any atom is -0.271 e. The summed E-state index contributed by atoms with van der Waals surface area (Å²) in [6.07, 6.45) is 4.44. The number of nitrogens with two attached hydrogens (primary N) is 1. The van der Waals surface area contributed by atoms with Crippen LogP contribution in [0.2, 0.25) is 0 Å². The summed E-state index contributed by atoms with van der Waals surface area (Å²) in [5.74, 6) is 5.63. The molecule has 0 saturated carbocycles. The first-order chi connectivity index (χ1) is 8.20. The Kier molecular flexibility index (Phi) is 4.69. The highest BCUT2D eigenvalue weighted by Gasteiger charge is 2.16. The summed E-state index contributed by atoms with van der Waals surface area (Å²) in [5, 5.41) is 0. The Hall–Kier alpha value is -0.270. The molecule has 2 heterocycles. The zero-order valence-electron chi connectivity index (χ0n) is 8.86. The van der Waals surface area contributed by atoms with Gasteiger partial charge in [0.2, 0.25) is 0 Å². The summed E-state index contributed by atoms with van der Waals surface area (Å²) in [4.78, 5) is 4.11. The third-order valence-electron chi connectivity index (χ3n) is 2.42. The molecule has 0 fully saturated rings. The molecule has 0 amide bonds. The average molecular weight is 377 g/mol. The van der Waals surface area contributed by atoms with Crippen molar-refractivity contribution in [3.8, 4) is 0 Å². The molecule has 0 spiro atoms. The van der Waals surface area contributed by atoms with Crippen LogP contribution in [0.3, 0.4) is 0 Å². The molecule has 2 aromatic heterocycles. The van der Waals surface area contributed by atoms with Crippen molar-refractivity contribution in [1.82, 2.24) is 10.4 Å². The summed E-state index contributed by atoms with van der Waals surface area (Å²) in [7, 11) is 0. The van der Waals surface area contributed by atoms with E-state index >= 15 is 0 Å². The highest BCUT2D eigenvalue weighted by Crippen LogP contribution is 2.36. The van der Waals surface area contributed by atoms with Crippen LogP contribution >= 0.6 is 43.2 Å². The standard InChI is InChI=1S/C11H11Br2N3S/c12-10-5-8(11(13)17-10)9(16-14)4-7-2-1-3-15-6-7/h1-3,5-6,9,16H,4,14H2. The van der Waals surface area contributed by atoms with Gasteiger partial charge in [-0.15, -0.1) is 11.3 Å². The van der Waals surface area contributed by atoms with Crippen LogP contribution in [0.4, 0.5) is 0 Å². The second kappa shape index (κ2) is 6.06. The Morgan fingerprint density at radius 3 is 2.82 bits per heavy atom. The number of nitrogens with one attached hydrogen (secondary N) is 1. The number of hydrogen-bond donors (Lipinski definition) is 2. The van der Waals surface area contributed by atoms with Gasteiger partial charge in [-0.2, -0.15) is 0 Å². The van der Waals surface area contributed by atoms with E-state index in [4.69, 9.17) is 5.84 Å². The maximum Gasteiger partial charge on any atom is 0.0758 e. The molecule has 0 aliphatic carbocycles. The van der Waals surface area contributed by atoms with Crippen LogP contribution in [-0.2, 0) is 6.42 Å². The maximum absolute atomic E-state index is 5.63. The molecular weight excluding hydrogens is 366 g/mol. The summed E-state index contributed by atoms with van der Waals surface area (Å²) in [6.45, 7) is 0. The predicted octanol–water partition coefficient (Wildman–Crippen LogP) is 3.42. The molecule has 17 heavy (non-hydrogen) atoms. The summed E-state index contributed by atoms with van der Waals surface area (Å²) < 4.78 is 2.18. The second-order valence-corrected chi connectivity index (χ2v) is 7.31. The third kappa shape index (κ3) is 3.35. The number of aromatic nitrogens is 1. The van der Waals surface area contributed by atoms with Crippen molar-refractivity contribution in [2.45, 2.75) is 12.5 Å². The number of halogens is 2. The number of rotatable bonds is 4. The first kappa shape index (κ1) is 13.2. The SMILES string of the molecule is NNC(Cc1cccnc1)c1cc(Br)sc1Br. The molecule has 1 unspecified atom stereocenters. The van der Waals surface area contributed by atoms with Crippen molar-refractivity contribution in [3.63, 3.8) is 0 Å². The largest absolute Gasteiger partial charge is 0.271 e. The van der Waals surface area contributed by atoms with Crippen LogP contribution in [0, 0.1) is 0 Å². The van der Waals surface area contributed by atoms with Gasteiger partial charge in [0.15, 0.2) is 0 Å². The van der Waals surface area contributed by atoms with E-state index < -0.39 is 0 Å². The van der Waals surface area contributed by atoms with Gasteiger partial charge in [-0.1, -0.05) is 6.07 Å². The molecule has 0 bridgehead atoms. The summed E-state index contributed by atoms with van der Waals surface area (Å²) in [6, 6.07) is 6.14. The van der Waals surface area contributed by atoms with Gasteiger partial charge < -0.3 is 0 Å². The van der Waals surface area contributed by atoms with E-state index in [0.717, 1.165) is 25.1 Å². The zero-order chi connectivity index (χ0) is 12.3. The van der Waals surface area contributed by atoms with Crippen molar-refractivity contribution >= 4 is 43.2 Å². The van der Waals surface area contributed by atoms with Crippen LogP contribution in [0.5, 0.6) is 0 Å². The lowest BCUT2D eigenvalue weighted by Crippen LogP contribution is -2.29. The minimum absolute atomic E-state index is 0.0797. The molecular formula is C11H11Br2N3S. The molecule has 0 radical (unpaired) electrons.